The number of pyridine rings is 2. The highest BCUT2D eigenvalue weighted by atomic mass is 16.1. The quantitative estimate of drug-likeness (QED) is 0.783. The Balaban J connectivity index is 1.82. The minimum absolute atomic E-state index is 0.125. The first-order valence-corrected chi connectivity index (χ1v) is 7.90. The molecule has 1 atom stereocenters. The first-order valence-electron chi connectivity index (χ1n) is 7.90. The molecule has 2 aromatic heterocycles. The van der Waals surface area contributed by atoms with E-state index in [1.54, 1.807) is 30.7 Å². The van der Waals surface area contributed by atoms with Gasteiger partial charge in [0.2, 0.25) is 0 Å². The van der Waals surface area contributed by atoms with Crippen molar-refractivity contribution in [2.45, 2.75) is 19.4 Å². The summed E-state index contributed by atoms with van der Waals surface area (Å²) in [7, 11) is 0. The van der Waals surface area contributed by atoms with Crippen molar-refractivity contribution >= 4 is 5.91 Å². The van der Waals surface area contributed by atoms with E-state index in [0.717, 1.165) is 11.3 Å². The number of aryl methyl sites for hydroxylation is 1. The number of hydrogen-bond acceptors (Lipinski definition) is 3. The maximum atomic E-state index is 12.5. The topological polar surface area (TPSA) is 54.9 Å². The lowest BCUT2D eigenvalue weighted by Gasteiger charge is -2.18. The van der Waals surface area contributed by atoms with Crippen molar-refractivity contribution in [3.8, 4) is 0 Å². The van der Waals surface area contributed by atoms with Gasteiger partial charge in [0.25, 0.3) is 5.91 Å². The fourth-order valence-corrected chi connectivity index (χ4v) is 2.52. The summed E-state index contributed by atoms with van der Waals surface area (Å²) in [6, 6.07) is 17.3. The van der Waals surface area contributed by atoms with Crippen molar-refractivity contribution in [1.29, 1.82) is 0 Å². The molecule has 1 aromatic carbocycles. The van der Waals surface area contributed by atoms with E-state index in [1.807, 2.05) is 18.2 Å². The number of aromatic nitrogens is 2. The zero-order valence-electron chi connectivity index (χ0n) is 13.5. The summed E-state index contributed by atoms with van der Waals surface area (Å²) in [5.74, 6) is -0.125. The summed E-state index contributed by atoms with van der Waals surface area (Å²) in [5, 5.41) is 3.08. The monoisotopic (exact) mass is 317 g/mol. The number of carbonyl (C=O) groups excluding carboxylic acids is 1. The highest BCUT2D eigenvalue weighted by Crippen LogP contribution is 2.18. The lowest BCUT2D eigenvalue weighted by Crippen LogP contribution is -2.30. The van der Waals surface area contributed by atoms with E-state index in [-0.39, 0.29) is 11.9 Å². The molecule has 0 fully saturated rings. The Morgan fingerprint density at radius 3 is 2.42 bits per heavy atom. The van der Waals surface area contributed by atoms with E-state index < -0.39 is 0 Å². The van der Waals surface area contributed by atoms with Crippen molar-refractivity contribution < 1.29 is 4.79 Å². The van der Waals surface area contributed by atoms with Crippen LogP contribution in [-0.4, -0.2) is 15.9 Å². The Morgan fingerprint density at radius 2 is 1.75 bits per heavy atom. The fourth-order valence-electron chi connectivity index (χ4n) is 2.52. The van der Waals surface area contributed by atoms with Crippen molar-refractivity contribution in [2.75, 3.05) is 0 Å². The van der Waals surface area contributed by atoms with Crippen molar-refractivity contribution in [2.24, 2.45) is 0 Å². The second kappa shape index (κ2) is 7.51. The number of rotatable bonds is 5. The van der Waals surface area contributed by atoms with Crippen LogP contribution in [0.4, 0.5) is 0 Å². The average molecular weight is 317 g/mol. The Hall–Kier alpha value is -3.01. The first-order chi connectivity index (χ1) is 11.7. The molecule has 4 nitrogen and oxygen atoms in total. The lowest BCUT2D eigenvalue weighted by atomic mass is 10.0. The number of amides is 1. The summed E-state index contributed by atoms with van der Waals surface area (Å²) in [4.78, 5) is 20.9. The van der Waals surface area contributed by atoms with Crippen LogP contribution in [0.15, 0.2) is 73.2 Å². The van der Waals surface area contributed by atoms with Gasteiger partial charge in [-0.1, -0.05) is 35.9 Å². The van der Waals surface area contributed by atoms with Gasteiger partial charge in [0.1, 0.15) is 0 Å². The third-order valence-electron chi connectivity index (χ3n) is 3.85. The molecule has 0 aliphatic rings. The normalized spacial score (nSPS) is 11.7. The minimum atomic E-state index is -0.186. The molecule has 3 rings (SSSR count). The average Bonchev–Trinajstić information content (AvgIpc) is 2.64. The highest BCUT2D eigenvalue weighted by Gasteiger charge is 2.17. The Labute approximate surface area is 141 Å². The first kappa shape index (κ1) is 15.9. The minimum Gasteiger partial charge on any atom is -0.343 e. The molecule has 0 aliphatic heterocycles. The highest BCUT2D eigenvalue weighted by molar-refractivity contribution is 5.94. The summed E-state index contributed by atoms with van der Waals surface area (Å²) >= 11 is 0. The molecule has 1 amide bonds. The van der Waals surface area contributed by atoms with Gasteiger partial charge >= 0.3 is 0 Å². The molecule has 0 radical (unpaired) electrons. The van der Waals surface area contributed by atoms with Crippen LogP contribution in [0.3, 0.4) is 0 Å². The third-order valence-corrected chi connectivity index (χ3v) is 3.85. The second-order valence-electron chi connectivity index (χ2n) is 5.71. The number of hydrogen-bond donors (Lipinski definition) is 1. The molecule has 120 valence electrons. The number of nitrogens with one attached hydrogen (secondary N) is 1. The molecule has 3 aromatic rings. The van der Waals surface area contributed by atoms with E-state index in [4.69, 9.17) is 0 Å². The van der Waals surface area contributed by atoms with Crippen LogP contribution in [0.5, 0.6) is 0 Å². The van der Waals surface area contributed by atoms with Gasteiger partial charge in [-0.25, -0.2) is 0 Å². The van der Waals surface area contributed by atoms with Crippen LogP contribution in [0, 0.1) is 6.92 Å². The van der Waals surface area contributed by atoms with E-state index >= 15 is 0 Å². The second-order valence-corrected chi connectivity index (χ2v) is 5.71. The van der Waals surface area contributed by atoms with Gasteiger partial charge in [-0.3, -0.25) is 14.8 Å². The number of carbonyl (C=O) groups is 1. The zero-order valence-corrected chi connectivity index (χ0v) is 13.5. The maximum absolute atomic E-state index is 12.5. The smallest absolute Gasteiger partial charge is 0.251 e. The summed E-state index contributed by atoms with van der Waals surface area (Å²) in [6.07, 6.45) is 5.67. The van der Waals surface area contributed by atoms with E-state index in [1.165, 1.54) is 5.56 Å². The number of nitrogens with zero attached hydrogens (tertiary/aromatic N) is 2. The Kier molecular flexibility index (Phi) is 4.96. The Bertz CT molecular complexity index is 786. The van der Waals surface area contributed by atoms with Crippen LogP contribution in [0.1, 0.15) is 33.2 Å². The van der Waals surface area contributed by atoms with Gasteiger partial charge in [-0.15, -0.1) is 0 Å². The summed E-state index contributed by atoms with van der Waals surface area (Å²) in [6.45, 7) is 2.06. The van der Waals surface area contributed by atoms with Gasteiger partial charge < -0.3 is 5.32 Å². The molecule has 0 spiro atoms. The molecule has 0 saturated carbocycles. The van der Waals surface area contributed by atoms with Crippen molar-refractivity contribution in [3.63, 3.8) is 0 Å². The predicted octanol–water partition coefficient (Wildman–Crippen LogP) is 3.50. The van der Waals surface area contributed by atoms with Crippen LogP contribution >= 0.6 is 0 Å². The molecule has 1 unspecified atom stereocenters. The molecular formula is C20H19N3O. The van der Waals surface area contributed by atoms with Crippen LogP contribution in [0.2, 0.25) is 0 Å². The zero-order chi connectivity index (χ0) is 16.8. The molecule has 0 aliphatic carbocycles. The number of benzene rings is 1. The Morgan fingerprint density at radius 1 is 1.00 bits per heavy atom. The van der Waals surface area contributed by atoms with Gasteiger partial charge in [0.05, 0.1) is 11.7 Å². The van der Waals surface area contributed by atoms with Crippen molar-refractivity contribution in [1.82, 2.24) is 15.3 Å². The maximum Gasteiger partial charge on any atom is 0.251 e. The van der Waals surface area contributed by atoms with Crippen LogP contribution in [0.25, 0.3) is 0 Å². The molecule has 4 heteroatoms. The van der Waals surface area contributed by atoms with E-state index in [2.05, 4.69) is 46.5 Å². The molecule has 24 heavy (non-hydrogen) atoms. The van der Waals surface area contributed by atoms with Gasteiger partial charge in [-0.2, -0.15) is 0 Å². The summed E-state index contributed by atoms with van der Waals surface area (Å²) < 4.78 is 0. The summed E-state index contributed by atoms with van der Waals surface area (Å²) in [5.41, 5.74) is 3.82. The predicted molar refractivity (Wildman–Crippen MR) is 93.6 cm³/mol. The van der Waals surface area contributed by atoms with Gasteiger partial charge in [0, 0.05) is 24.2 Å². The van der Waals surface area contributed by atoms with E-state index in [9.17, 15) is 4.79 Å². The molecular weight excluding hydrogens is 298 g/mol. The molecule has 0 bridgehead atoms. The third kappa shape index (κ3) is 4.04. The molecule has 0 saturated heterocycles. The van der Waals surface area contributed by atoms with Gasteiger partial charge in [0.15, 0.2) is 0 Å². The standard InChI is InChI=1S/C20H19N3O/c1-15-5-7-16(8-6-15)14-19(18-4-2-3-11-22-18)23-20(24)17-9-12-21-13-10-17/h2-13,19H,14H2,1H3,(H,23,24). The molecule has 1 N–H and O–H groups in total. The lowest BCUT2D eigenvalue weighted by molar-refractivity contribution is 0.0935. The molecule has 2 heterocycles. The van der Waals surface area contributed by atoms with Crippen molar-refractivity contribution in [3.05, 3.63) is 95.6 Å². The fraction of sp³-hybridized carbons (Fsp3) is 0.150. The van der Waals surface area contributed by atoms with Crippen LogP contribution < -0.4 is 5.32 Å². The SMILES string of the molecule is Cc1ccc(CC(NC(=O)c2ccncc2)c2ccccn2)cc1. The van der Waals surface area contributed by atoms with E-state index in [0.29, 0.717) is 12.0 Å². The largest absolute Gasteiger partial charge is 0.343 e. The van der Waals surface area contributed by atoms with Gasteiger partial charge in [-0.05, 0) is 43.2 Å². The van der Waals surface area contributed by atoms with Crippen LogP contribution in [-0.2, 0) is 6.42 Å².